The fraction of sp³-hybridized carbons (Fsp3) is 0.300. The van der Waals surface area contributed by atoms with Crippen LogP contribution < -0.4 is 5.32 Å². The monoisotopic (exact) mass is 316 g/mol. The third-order valence-corrected chi connectivity index (χ3v) is 2.76. The minimum Gasteiger partial charge on any atom is -0.480 e. The summed E-state index contributed by atoms with van der Waals surface area (Å²) in [4.78, 5) is 13.6. The molecule has 0 saturated heterocycles. The molecule has 1 atom stereocenters. The zero-order chi connectivity index (χ0) is 13.5. The van der Waals surface area contributed by atoms with E-state index in [4.69, 9.17) is 10.6 Å². The average molecular weight is 317 g/mol. The summed E-state index contributed by atoms with van der Waals surface area (Å²) < 4.78 is 13.2. The van der Waals surface area contributed by atoms with Gasteiger partial charge in [-0.25, -0.2) is 4.39 Å². The largest absolute Gasteiger partial charge is 0.480 e. The Kier molecular flexibility index (Phi) is 5.57. The first-order valence-electron chi connectivity index (χ1n) is 4.98. The number of rotatable bonds is 6. The summed E-state index contributed by atoms with van der Waals surface area (Å²) in [5.41, 5.74) is 8.50. The highest BCUT2D eigenvalue weighted by Gasteiger charge is 2.19. The molecule has 0 bridgehead atoms. The number of carboxylic acid groups (broad SMARTS) is 1. The molecule has 0 spiro atoms. The van der Waals surface area contributed by atoms with E-state index in [0.717, 1.165) is 0 Å². The van der Waals surface area contributed by atoms with Crippen molar-refractivity contribution >= 4 is 21.9 Å². The van der Waals surface area contributed by atoms with Gasteiger partial charge in [0.25, 0.3) is 0 Å². The van der Waals surface area contributed by atoms with Crippen molar-refractivity contribution in [1.82, 2.24) is 5.32 Å². The van der Waals surface area contributed by atoms with Gasteiger partial charge >= 0.3 is 5.97 Å². The molecular weight excluding hydrogens is 307 g/mol. The van der Waals surface area contributed by atoms with Crippen LogP contribution in [-0.4, -0.2) is 24.2 Å². The second-order valence-electron chi connectivity index (χ2n) is 3.35. The van der Waals surface area contributed by atoms with Gasteiger partial charge in [0, 0.05) is 18.0 Å². The number of nitrogens with one attached hydrogen (secondary N) is 1. The molecule has 0 amide bonds. The number of hydrogen-bond acceptors (Lipinski definition) is 3. The molecule has 1 rings (SSSR count). The van der Waals surface area contributed by atoms with Crippen molar-refractivity contribution in [1.29, 1.82) is 0 Å². The topological polar surface area (TPSA) is 98.1 Å². The molecule has 1 aromatic carbocycles. The van der Waals surface area contributed by atoms with Crippen LogP contribution in [0.25, 0.3) is 10.4 Å². The highest BCUT2D eigenvalue weighted by Crippen LogP contribution is 2.21. The van der Waals surface area contributed by atoms with E-state index in [-0.39, 0.29) is 17.6 Å². The molecule has 0 aromatic heterocycles. The van der Waals surface area contributed by atoms with Crippen molar-refractivity contribution in [3.8, 4) is 0 Å². The lowest BCUT2D eigenvalue weighted by molar-refractivity contribution is -0.139. The molecule has 0 aliphatic rings. The summed E-state index contributed by atoms with van der Waals surface area (Å²) >= 11 is 2.99. The Morgan fingerprint density at radius 3 is 2.94 bits per heavy atom. The first kappa shape index (κ1) is 14.4. The van der Waals surface area contributed by atoms with Crippen molar-refractivity contribution in [2.45, 2.75) is 6.04 Å². The molecule has 1 aromatic rings. The van der Waals surface area contributed by atoms with Crippen molar-refractivity contribution < 1.29 is 14.3 Å². The van der Waals surface area contributed by atoms with Gasteiger partial charge in [0.15, 0.2) is 0 Å². The van der Waals surface area contributed by atoms with Crippen LogP contribution in [0.15, 0.2) is 27.8 Å². The van der Waals surface area contributed by atoms with Gasteiger partial charge in [0.05, 0.1) is 4.47 Å². The summed E-state index contributed by atoms with van der Waals surface area (Å²) in [7, 11) is 0. The van der Waals surface area contributed by atoms with Gasteiger partial charge in [-0.05, 0) is 39.2 Å². The van der Waals surface area contributed by atoms with Gasteiger partial charge in [-0.2, -0.15) is 0 Å². The van der Waals surface area contributed by atoms with Crippen LogP contribution >= 0.6 is 15.9 Å². The number of halogens is 2. The maximum Gasteiger partial charge on any atom is 0.325 e. The van der Waals surface area contributed by atoms with E-state index < -0.39 is 17.8 Å². The Morgan fingerprint density at radius 1 is 1.67 bits per heavy atom. The number of azide groups is 1. The number of aliphatic carboxylic acids is 1. The van der Waals surface area contributed by atoms with E-state index in [2.05, 4.69) is 31.3 Å². The lowest BCUT2D eigenvalue weighted by Gasteiger charge is -2.14. The van der Waals surface area contributed by atoms with Crippen molar-refractivity contribution in [3.63, 3.8) is 0 Å². The molecule has 0 aliphatic heterocycles. The second-order valence-corrected chi connectivity index (χ2v) is 4.21. The summed E-state index contributed by atoms with van der Waals surface area (Å²) in [5.74, 6) is -1.55. The minimum atomic E-state index is -1.09. The Bertz CT molecular complexity index is 491. The molecule has 96 valence electrons. The van der Waals surface area contributed by atoms with Crippen molar-refractivity contribution in [2.75, 3.05) is 13.1 Å². The molecule has 1 unspecified atom stereocenters. The van der Waals surface area contributed by atoms with Gasteiger partial charge in [0.2, 0.25) is 0 Å². The van der Waals surface area contributed by atoms with Gasteiger partial charge in [-0.3, -0.25) is 4.79 Å². The summed E-state index contributed by atoms with van der Waals surface area (Å²) in [6.45, 7) is 0.360. The summed E-state index contributed by atoms with van der Waals surface area (Å²) in [5, 5.41) is 15.1. The van der Waals surface area contributed by atoms with E-state index in [1.165, 1.54) is 18.2 Å². The second kappa shape index (κ2) is 6.95. The van der Waals surface area contributed by atoms with Crippen LogP contribution in [0.5, 0.6) is 0 Å². The lowest BCUT2D eigenvalue weighted by atomic mass is 10.1. The quantitative estimate of drug-likeness (QED) is 0.365. The highest BCUT2D eigenvalue weighted by atomic mass is 79.9. The maximum absolute atomic E-state index is 13.0. The number of carbonyl (C=O) groups is 1. The smallest absolute Gasteiger partial charge is 0.325 e. The molecule has 0 radical (unpaired) electrons. The molecule has 0 aliphatic carbocycles. The molecule has 2 N–H and O–H groups in total. The van der Waals surface area contributed by atoms with Gasteiger partial charge in [-0.15, -0.1) is 0 Å². The third kappa shape index (κ3) is 3.99. The molecule has 6 nitrogen and oxygen atoms in total. The van der Waals surface area contributed by atoms with Gasteiger partial charge in [0.1, 0.15) is 11.9 Å². The van der Waals surface area contributed by atoms with Crippen LogP contribution in [0, 0.1) is 5.82 Å². The zero-order valence-corrected chi connectivity index (χ0v) is 10.8. The zero-order valence-electron chi connectivity index (χ0n) is 9.18. The molecule has 0 saturated carbocycles. The normalized spacial score (nSPS) is 11.7. The Labute approximate surface area is 111 Å². The first-order chi connectivity index (χ1) is 8.56. The number of carboxylic acids is 1. The summed E-state index contributed by atoms with van der Waals surface area (Å²) in [6.07, 6.45) is 0. The highest BCUT2D eigenvalue weighted by molar-refractivity contribution is 9.10. The van der Waals surface area contributed by atoms with Crippen LogP contribution in [0.1, 0.15) is 11.6 Å². The number of hydrogen-bond donors (Lipinski definition) is 2. The maximum atomic E-state index is 13.0. The molecule has 0 fully saturated rings. The minimum absolute atomic E-state index is 0.142. The predicted octanol–water partition coefficient (Wildman–Crippen LogP) is 2.61. The Balaban J connectivity index is 2.80. The fourth-order valence-corrected chi connectivity index (χ4v) is 1.74. The number of nitrogens with zero attached hydrogens (tertiary/aromatic N) is 3. The van der Waals surface area contributed by atoms with E-state index in [0.29, 0.717) is 5.56 Å². The van der Waals surface area contributed by atoms with Gasteiger partial charge < -0.3 is 10.4 Å². The van der Waals surface area contributed by atoms with Crippen molar-refractivity contribution in [3.05, 3.63) is 44.5 Å². The van der Waals surface area contributed by atoms with E-state index in [1.54, 1.807) is 0 Å². The van der Waals surface area contributed by atoms with Crippen LogP contribution in [0.2, 0.25) is 0 Å². The molecule has 8 heteroatoms. The van der Waals surface area contributed by atoms with E-state index in [1.807, 2.05) is 0 Å². The number of benzene rings is 1. The molecular formula is C10H10BrFN4O2. The standard InChI is InChI=1S/C10H10BrFN4O2/c11-7-5-6(1-2-8(7)12)9(10(17)18)14-3-4-15-16-13/h1-2,5,9,14H,3-4H2,(H,17,18). The fourth-order valence-electron chi connectivity index (χ4n) is 1.34. The van der Waals surface area contributed by atoms with Crippen LogP contribution in [0.4, 0.5) is 4.39 Å². The lowest BCUT2D eigenvalue weighted by Crippen LogP contribution is -2.30. The Hall–Kier alpha value is -1.63. The first-order valence-corrected chi connectivity index (χ1v) is 5.77. The molecule has 18 heavy (non-hydrogen) atoms. The predicted molar refractivity (Wildman–Crippen MR) is 66.5 cm³/mol. The summed E-state index contributed by atoms with van der Waals surface area (Å²) in [6, 6.07) is 2.99. The SMILES string of the molecule is [N-]=[N+]=NCCNC(C(=O)O)c1ccc(F)c(Br)c1. The molecule has 0 heterocycles. The van der Waals surface area contributed by atoms with Gasteiger partial charge in [-0.1, -0.05) is 11.2 Å². The average Bonchev–Trinajstić information content (AvgIpc) is 2.32. The third-order valence-electron chi connectivity index (χ3n) is 2.15. The van der Waals surface area contributed by atoms with E-state index in [9.17, 15) is 9.18 Å². The van der Waals surface area contributed by atoms with Crippen molar-refractivity contribution in [2.24, 2.45) is 5.11 Å². The van der Waals surface area contributed by atoms with Crippen LogP contribution in [-0.2, 0) is 4.79 Å². The van der Waals surface area contributed by atoms with Crippen LogP contribution in [0.3, 0.4) is 0 Å². The Morgan fingerprint density at radius 2 is 2.39 bits per heavy atom. The van der Waals surface area contributed by atoms with E-state index >= 15 is 0 Å².